The molecule has 1 aliphatic rings. The minimum absolute atomic E-state index is 0. The monoisotopic (exact) mass is 277 g/mol. The Balaban J connectivity index is 0.00000144. The van der Waals surface area contributed by atoms with Crippen LogP contribution in [0.15, 0.2) is 18.2 Å². The van der Waals surface area contributed by atoms with Crippen LogP contribution in [0.4, 0.5) is 0 Å². The van der Waals surface area contributed by atoms with Gasteiger partial charge in [-0.05, 0) is 23.1 Å². The molecule has 1 aromatic rings. The third kappa shape index (κ3) is 3.17. The summed E-state index contributed by atoms with van der Waals surface area (Å²) >= 11 is 0. The van der Waals surface area contributed by atoms with Crippen LogP contribution in [0, 0.1) is 0 Å². The highest BCUT2D eigenvalue weighted by molar-refractivity contribution is 7.86. The highest BCUT2D eigenvalue weighted by Gasteiger charge is 2.23. The van der Waals surface area contributed by atoms with Gasteiger partial charge in [0, 0.05) is 19.6 Å². The molecule has 0 fully saturated rings. The lowest BCUT2D eigenvalue weighted by Gasteiger charge is -2.26. The molecule has 0 bridgehead atoms. The summed E-state index contributed by atoms with van der Waals surface area (Å²) in [7, 11) is -3.59. The van der Waals surface area contributed by atoms with Gasteiger partial charge in [-0.15, -0.1) is 12.4 Å². The Bertz CT molecular complexity index is 504. The van der Waals surface area contributed by atoms with Crippen LogP contribution in [-0.2, 0) is 29.7 Å². The Morgan fingerprint density at radius 1 is 1.29 bits per heavy atom. The van der Waals surface area contributed by atoms with E-state index in [1.54, 1.807) is 0 Å². The third-order valence-corrected chi connectivity index (χ3v) is 3.87. The zero-order chi connectivity index (χ0) is 11.8. The summed E-state index contributed by atoms with van der Waals surface area (Å²) in [4.78, 5) is 0. The minimum Gasteiger partial charge on any atom is -0.326 e. The number of benzene rings is 1. The van der Waals surface area contributed by atoms with Gasteiger partial charge >= 0.3 is 0 Å². The van der Waals surface area contributed by atoms with Crippen molar-refractivity contribution < 1.29 is 8.42 Å². The van der Waals surface area contributed by atoms with Crippen LogP contribution in [0.3, 0.4) is 0 Å². The lowest BCUT2D eigenvalue weighted by molar-refractivity contribution is 0.392. The van der Waals surface area contributed by atoms with Gasteiger partial charge < -0.3 is 5.73 Å². The third-order valence-electron chi connectivity index (χ3n) is 2.84. The molecule has 1 heterocycles. The number of nitrogens with zero attached hydrogens (tertiary/aromatic N) is 1. The Labute approximate surface area is 107 Å². The molecule has 0 atom stereocenters. The van der Waals surface area contributed by atoms with Crippen molar-refractivity contribution in [2.24, 2.45) is 10.9 Å². The molecular formula is C10H16ClN3O2S. The number of nitrogens with two attached hydrogens (primary N) is 2. The fourth-order valence-electron chi connectivity index (χ4n) is 1.93. The lowest BCUT2D eigenvalue weighted by atomic mass is 9.99. The van der Waals surface area contributed by atoms with Crippen molar-refractivity contribution in [3.8, 4) is 0 Å². The highest BCUT2D eigenvalue weighted by Crippen LogP contribution is 2.21. The smallest absolute Gasteiger partial charge is 0.277 e. The second-order valence-corrected chi connectivity index (χ2v) is 5.48. The molecule has 1 aromatic carbocycles. The number of rotatable bonds is 2. The maximum Gasteiger partial charge on any atom is 0.277 e. The van der Waals surface area contributed by atoms with Gasteiger partial charge in [-0.3, -0.25) is 0 Å². The van der Waals surface area contributed by atoms with E-state index in [0.29, 0.717) is 26.1 Å². The molecule has 5 nitrogen and oxygen atoms in total. The van der Waals surface area contributed by atoms with Crippen molar-refractivity contribution in [3.63, 3.8) is 0 Å². The average Bonchev–Trinajstić information content (AvgIpc) is 2.26. The largest absolute Gasteiger partial charge is 0.326 e. The summed E-state index contributed by atoms with van der Waals surface area (Å²) in [5, 5.41) is 5.11. The molecule has 0 spiro atoms. The maximum atomic E-state index is 11.2. The van der Waals surface area contributed by atoms with Crippen molar-refractivity contribution in [2.75, 3.05) is 6.54 Å². The molecule has 4 N–H and O–H groups in total. The minimum atomic E-state index is -3.59. The molecule has 7 heteroatoms. The highest BCUT2D eigenvalue weighted by atomic mass is 35.5. The maximum absolute atomic E-state index is 11.2. The van der Waals surface area contributed by atoms with E-state index < -0.39 is 10.2 Å². The van der Waals surface area contributed by atoms with Crippen LogP contribution in [0.25, 0.3) is 0 Å². The van der Waals surface area contributed by atoms with Gasteiger partial charge in [0.25, 0.3) is 10.2 Å². The topological polar surface area (TPSA) is 89.4 Å². The lowest BCUT2D eigenvalue weighted by Crippen LogP contribution is -2.40. The first-order valence-corrected chi connectivity index (χ1v) is 6.59. The normalized spacial score (nSPS) is 16.1. The van der Waals surface area contributed by atoms with E-state index in [1.165, 1.54) is 9.87 Å². The van der Waals surface area contributed by atoms with E-state index in [0.717, 1.165) is 11.1 Å². The van der Waals surface area contributed by atoms with E-state index in [4.69, 9.17) is 10.9 Å². The first-order valence-electron chi connectivity index (χ1n) is 5.09. The van der Waals surface area contributed by atoms with Gasteiger partial charge in [-0.25, -0.2) is 5.14 Å². The van der Waals surface area contributed by atoms with Crippen LogP contribution >= 0.6 is 12.4 Å². The standard InChI is InChI=1S/C10H15N3O2S.ClH/c11-6-8-1-2-9-3-4-13(16(12,14)15)7-10(9)5-8;/h1-2,5H,3-4,6-7,11H2,(H2,12,14,15);1H. The second-order valence-electron chi connectivity index (χ2n) is 3.94. The quantitative estimate of drug-likeness (QED) is 0.805. The van der Waals surface area contributed by atoms with Crippen molar-refractivity contribution in [1.29, 1.82) is 0 Å². The summed E-state index contributed by atoms with van der Waals surface area (Å²) in [5.41, 5.74) is 8.74. The molecule has 96 valence electrons. The Kier molecular flexibility index (Phi) is 4.51. The Morgan fingerprint density at radius 2 is 2.00 bits per heavy atom. The van der Waals surface area contributed by atoms with E-state index in [1.807, 2.05) is 18.2 Å². The molecule has 0 aliphatic carbocycles. The van der Waals surface area contributed by atoms with Gasteiger partial charge in [0.05, 0.1) is 0 Å². The van der Waals surface area contributed by atoms with Crippen LogP contribution < -0.4 is 10.9 Å². The van der Waals surface area contributed by atoms with E-state index in [2.05, 4.69) is 0 Å². The van der Waals surface area contributed by atoms with Crippen LogP contribution in [-0.4, -0.2) is 19.3 Å². The predicted octanol–water partition coefficient (Wildman–Crippen LogP) is 0.129. The molecule has 17 heavy (non-hydrogen) atoms. The number of hydrogen-bond donors (Lipinski definition) is 2. The van der Waals surface area contributed by atoms with Crippen molar-refractivity contribution in [3.05, 3.63) is 34.9 Å². The summed E-state index contributed by atoms with van der Waals surface area (Å²) in [6.07, 6.45) is 0.705. The summed E-state index contributed by atoms with van der Waals surface area (Å²) in [6.45, 7) is 1.26. The van der Waals surface area contributed by atoms with Gasteiger partial charge in [0.2, 0.25) is 0 Å². The molecule has 0 saturated carbocycles. The van der Waals surface area contributed by atoms with Gasteiger partial charge in [-0.2, -0.15) is 12.7 Å². The molecular weight excluding hydrogens is 262 g/mol. The Morgan fingerprint density at radius 3 is 2.59 bits per heavy atom. The number of halogens is 1. The molecule has 0 saturated heterocycles. The van der Waals surface area contributed by atoms with Crippen molar-refractivity contribution >= 4 is 22.6 Å². The number of fused-ring (bicyclic) bond motifs is 1. The summed E-state index contributed by atoms with van der Waals surface area (Å²) in [6, 6.07) is 5.94. The fourth-order valence-corrected chi connectivity index (χ4v) is 2.59. The zero-order valence-electron chi connectivity index (χ0n) is 9.30. The summed E-state index contributed by atoms with van der Waals surface area (Å²) in [5.74, 6) is 0. The molecule has 0 aromatic heterocycles. The van der Waals surface area contributed by atoms with E-state index >= 15 is 0 Å². The van der Waals surface area contributed by atoms with E-state index in [9.17, 15) is 8.42 Å². The molecule has 2 rings (SSSR count). The van der Waals surface area contributed by atoms with Gasteiger partial charge in [0.1, 0.15) is 0 Å². The molecule has 0 radical (unpaired) electrons. The Hall–Kier alpha value is -0.660. The fraction of sp³-hybridized carbons (Fsp3) is 0.400. The average molecular weight is 278 g/mol. The predicted molar refractivity (Wildman–Crippen MR) is 68.8 cm³/mol. The first-order chi connectivity index (χ1) is 7.50. The van der Waals surface area contributed by atoms with Crippen LogP contribution in [0.2, 0.25) is 0 Å². The SMILES string of the molecule is Cl.NCc1ccc2c(c1)CN(S(N)(=O)=O)CC2. The number of hydrogen-bond acceptors (Lipinski definition) is 3. The zero-order valence-corrected chi connectivity index (χ0v) is 10.9. The van der Waals surface area contributed by atoms with Crippen molar-refractivity contribution in [2.45, 2.75) is 19.5 Å². The van der Waals surface area contributed by atoms with Crippen LogP contribution in [0.1, 0.15) is 16.7 Å². The van der Waals surface area contributed by atoms with Crippen LogP contribution in [0.5, 0.6) is 0 Å². The van der Waals surface area contributed by atoms with Gasteiger partial charge in [-0.1, -0.05) is 18.2 Å². The molecule has 1 aliphatic heterocycles. The van der Waals surface area contributed by atoms with Gasteiger partial charge in [0.15, 0.2) is 0 Å². The summed E-state index contributed by atoms with van der Waals surface area (Å²) < 4.78 is 23.7. The second kappa shape index (κ2) is 5.32. The van der Waals surface area contributed by atoms with E-state index in [-0.39, 0.29) is 12.4 Å². The molecule has 0 amide bonds. The van der Waals surface area contributed by atoms with Crippen molar-refractivity contribution in [1.82, 2.24) is 4.31 Å². The molecule has 0 unspecified atom stereocenters. The first kappa shape index (κ1) is 14.4.